The number of aromatic amines is 1. The van der Waals surface area contributed by atoms with Crippen LogP contribution in [0.2, 0.25) is 0 Å². The Morgan fingerprint density at radius 2 is 2.03 bits per heavy atom. The maximum atomic E-state index is 15.1. The number of fused-ring (bicyclic) bond motifs is 1. The fourth-order valence-corrected chi connectivity index (χ4v) is 3.25. The predicted molar refractivity (Wildman–Crippen MR) is 111 cm³/mol. The van der Waals surface area contributed by atoms with Gasteiger partial charge < -0.3 is 14.8 Å². The Bertz CT molecular complexity index is 1330. The van der Waals surface area contributed by atoms with Crippen LogP contribution >= 0.6 is 0 Å². The third-order valence-electron chi connectivity index (χ3n) is 4.84. The summed E-state index contributed by atoms with van der Waals surface area (Å²) in [5, 5.41) is 22.4. The molecule has 0 aliphatic carbocycles. The van der Waals surface area contributed by atoms with E-state index in [2.05, 4.69) is 15.3 Å². The van der Waals surface area contributed by atoms with Crippen molar-refractivity contribution in [3.63, 3.8) is 0 Å². The molecule has 0 saturated carbocycles. The van der Waals surface area contributed by atoms with E-state index >= 15 is 4.39 Å². The van der Waals surface area contributed by atoms with Gasteiger partial charge in [0.2, 0.25) is 0 Å². The van der Waals surface area contributed by atoms with Crippen molar-refractivity contribution in [2.45, 2.75) is 12.7 Å². The second-order valence-electron chi connectivity index (χ2n) is 6.89. The van der Waals surface area contributed by atoms with E-state index in [9.17, 15) is 14.3 Å². The Hall–Kier alpha value is -4.29. The summed E-state index contributed by atoms with van der Waals surface area (Å²) in [7, 11) is 0. The summed E-state index contributed by atoms with van der Waals surface area (Å²) >= 11 is 0. The maximum Gasteiger partial charge on any atom is 0.412 e. The van der Waals surface area contributed by atoms with E-state index in [4.69, 9.17) is 10.00 Å². The van der Waals surface area contributed by atoms with Crippen LogP contribution in [0.4, 0.5) is 19.3 Å². The van der Waals surface area contributed by atoms with Crippen LogP contribution in [0.3, 0.4) is 0 Å². The largest absolute Gasteiger partial charge is 0.444 e. The number of nitriles is 1. The lowest BCUT2D eigenvalue weighted by molar-refractivity contribution is 0.155. The number of rotatable bonds is 5. The van der Waals surface area contributed by atoms with Crippen LogP contribution < -0.4 is 5.32 Å². The van der Waals surface area contributed by atoms with Gasteiger partial charge in [-0.2, -0.15) is 5.26 Å². The molecule has 0 fully saturated rings. The number of pyridine rings is 1. The minimum Gasteiger partial charge on any atom is -0.444 e. The molecule has 0 aliphatic heterocycles. The molecule has 4 rings (SSSR count). The average Bonchev–Trinajstić information content (AvgIpc) is 3.23. The molecule has 32 heavy (non-hydrogen) atoms. The summed E-state index contributed by atoms with van der Waals surface area (Å²) in [6, 6.07) is 14.2. The van der Waals surface area contributed by atoms with E-state index in [1.165, 1.54) is 18.5 Å². The first-order chi connectivity index (χ1) is 15.5. The fourth-order valence-electron chi connectivity index (χ4n) is 3.25. The van der Waals surface area contributed by atoms with E-state index < -0.39 is 29.4 Å². The highest BCUT2D eigenvalue weighted by Gasteiger charge is 2.25. The van der Waals surface area contributed by atoms with Crippen molar-refractivity contribution in [3.05, 3.63) is 94.8 Å². The zero-order valence-corrected chi connectivity index (χ0v) is 16.5. The van der Waals surface area contributed by atoms with E-state index in [0.717, 1.165) is 17.7 Å². The SMILES string of the molecule is N#Cc1cnc2[nH]cc(C(O)c3c(F)ccc(NC(=O)OCc4ccccc4)c3F)c2c1. The number of carbonyl (C=O) groups excluding carboxylic acids is 1. The molecule has 1 unspecified atom stereocenters. The highest BCUT2D eigenvalue weighted by Crippen LogP contribution is 2.34. The van der Waals surface area contributed by atoms with Crippen molar-refractivity contribution in [2.24, 2.45) is 0 Å². The van der Waals surface area contributed by atoms with Gasteiger partial charge in [0, 0.05) is 23.3 Å². The number of aliphatic hydroxyl groups is 1. The van der Waals surface area contributed by atoms with Crippen molar-refractivity contribution in [1.82, 2.24) is 9.97 Å². The Balaban J connectivity index is 1.59. The molecule has 2 aromatic carbocycles. The number of ether oxygens (including phenoxy) is 1. The second-order valence-corrected chi connectivity index (χ2v) is 6.89. The second kappa shape index (κ2) is 8.83. The summed E-state index contributed by atoms with van der Waals surface area (Å²) in [6.07, 6.45) is 0.0366. The monoisotopic (exact) mass is 434 g/mol. The Labute approximate surface area is 180 Å². The Morgan fingerprint density at radius 1 is 1.25 bits per heavy atom. The quantitative estimate of drug-likeness (QED) is 0.427. The van der Waals surface area contributed by atoms with Gasteiger partial charge in [0.05, 0.1) is 16.8 Å². The fraction of sp³-hybridized carbons (Fsp3) is 0.0870. The number of amides is 1. The summed E-state index contributed by atoms with van der Waals surface area (Å²) in [5.41, 5.74) is 0.429. The molecule has 4 aromatic rings. The molecule has 0 aliphatic rings. The number of aliphatic hydroxyl groups excluding tert-OH is 1. The van der Waals surface area contributed by atoms with Crippen LogP contribution in [-0.2, 0) is 11.3 Å². The Kier molecular flexibility index (Phi) is 5.79. The molecule has 2 aromatic heterocycles. The van der Waals surface area contributed by atoms with Crippen LogP contribution in [-0.4, -0.2) is 21.2 Å². The topological polar surface area (TPSA) is 111 Å². The lowest BCUT2D eigenvalue weighted by Crippen LogP contribution is -2.16. The minimum atomic E-state index is -1.72. The molecule has 0 radical (unpaired) electrons. The lowest BCUT2D eigenvalue weighted by Gasteiger charge is -2.15. The van der Waals surface area contributed by atoms with Gasteiger partial charge in [0.15, 0.2) is 5.82 Å². The number of hydrogen-bond donors (Lipinski definition) is 3. The van der Waals surface area contributed by atoms with Gasteiger partial charge >= 0.3 is 6.09 Å². The predicted octanol–water partition coefficient (Wildman–Crippen LogP) is 4.54. The van der Waals surface area contributed by atoms with Gasteiger partial charge in [0.1, 0.15) is 30.2 Å². The average molecular weight is 434 g/mol. The first-order valence-electron chi connectivity index (χ1n) is 9.48. The van der Waals surface area contributed by atoms with Gasteiger partial charge in [0.25, 0.3) is 0 Å². The molecule has 9 heteroatoms. The molecular formula is C23H16F2N4O3. The van der Waals surface area contributed by atoms with E-state index in [0.29, 0.717) is 11.0 Å². The van der Waals surface area contributed by atoms with Gasteiger partial charge in [-0.15, -0.1) is 0 Å². The minimum absolute atomic E-state index is 0.0332. The van der Waals surface area contributed by atoms with Gasteiger partial charge in [-0.25, -0.2) is 18.6 Å². The summed E-state index contributed by atoms with van der Waals surface area (Å²) in [5.74, 6) is -2.15. The first kappa shape index (κ1) is 21.0. The number of hydrogen-bond acceptors (Lipinski definition) is 5. The third-order valence-corrected chi connectivity index (χ3v) is 4.84. The van der Waals surface area contributed by atoms with Crippen molar-refractivity contribution in [2.75, 3.05) is 5.32 Å². The number of aromatic nitrogens is 2. The maximum absolute atomic E-state index is 15.1. The zero-order chi connectivity index (χ0) is 22.7. The number of benzene rings is 2. The van der Waals surface area contributed by atoms with Gasteiger partial charge in [-0.05, 0) is 23.8 Å². The zero-order valence-electron chi connectivity index (χ0n) is 16.5. The number of halogens is 2. The van der Waals surface area contributed by atoms with E-state index in [-0.39, 0.29) is 23.4 Å². The number of anilines is 1. The molecule has 1 amide bonds. The van der Waals surface area contributed by atoms with Crippen molar-refractivity contribution in [3.8, 4) is 6.07 Å². The smallest absolute Gasteiger partial charge is 0.412 e. The molecule has 0 spiro atoms. The summed E-state index contributed by atoms with van der Waals surface area (Å²) < 4.78 is 34.7. The molecule has 3 N–H and O–H groups in total. The van der Waals surface area contributed by atoms with Crippen LogP contribution in [0, 0.1) is 23.0 Å². The number of nitrogens with one attached hydrogen (secondary N) is 2. The molecule has 160 valence electrons. The number of H-pyrrole nitrogens is 1. The molecule has 2 heterocycles. The molecular weight excluding hydrogens is 418 g/mol. The van der Waals surface area contributed by atoms with Crippen LogP contribution in [0.15, 0.2) is 60.9 Å². The van der Waals surface area contributed by atoms with Crippen molar-refractivity contribution >= 4 is 22.8 Å². The highest BCUT2D eigenvalue weighted by atomic mass is 19.1. The first-order valence-corrected chi connectivity index (χ1v) is 9.48. The highest BCUT2D eigenvalue weighted by molar-refractivity contribution is 5.85. The lowest BCUT2D eigenvalue weighted by atomic mass is 9.99. The van der Waals surface area contributed by atoms with Crippen LogP contribution in [0.1, 0.15) is 28.4 Å². The van der Waals surface area contributed by atoms with E-state index in [1.54, 1.807) is 24.3 Å². The molecule has 7 nitrogen and oxygen atoms in total. The van der Waals surface area contributed by atoms with Gasteiger partial charge in [-0.3, -0.25) is 5.32 Å². The van der Waals surface area contributed by atoms with Crippen LogP contribution in [0.5, 0.6) is 0 Å². The summed E-state index contributed by atoms with van der Waals surface area (Å²) in [4.78, 5) is 18.9. The number of nitrogens with zero attached hydrogens (tertiary/aromatic N) is 2. The van der Waals surface area contributed by atoms with E-state index in [1.807, 2.05) is 12.1 Å². The third kappa shape index (κ3) is 4.12. The van der Waals surface area contributed by atoms with Crippen molar-refractivity contribution in [1.29, 1.82) is 5.26 Å². The molecule has 0 bridgehead atoms. The molecule has 0 saturated heterocycles. The summed E-state index contributed by atoms with van der Waals surface area (Å²) in [6.45, 7) is -0.0332. The van der Waals surface area contributed by atoms with Crippen LogP contribution in [0.25, 0.3) is 11.0 Å². The normalized spacial score (nSPS) is 11.7. The number of carbonyl (C=O) groups is 1. The standard InChI is InChI=1S/C23H16F2N4O3/c24-17-6-7-18(29-23(31)32-12-13-4-2-1-3-5-13)20(25)19(17)21(30)16-11-28-22-15(16)8-14(9-26)10-27-22/h1-8,10-11,21,30H,12H2,(H,27,28)(H,29,31). The van der Waals surface area contributed by atoms with Gasteiger partial charge in [-0.1, -0.05) is 30.3 Å². The Morgan fingerprint density at radius 3 is 2.78 bits per heavy atom. The van der Waals surface area contributed by atoms with Crippen molar-refractivity contribution < 1.29 is 23.4 Å². The molecule has 1 atom stereocenters.